The zero-order chi connectivity index (χ0) is 18.4. The molecule has 1 unspecified atom stereocenters. The van der Waals surface area contributed by atoms with Gasteiger partial charge in [0, 0.05) is 18.7 Å². The van der Waals surface area contributed by atoms with Crippen LogP contribution in [-0.2, 0) is 4.79 Å². The number of carboxylic acids is 1. The van der Waals surface area contributed by atoms with Crippen LogP contribution in [0.4, 0.5) is 5.69 Å². The van der Waals surface area contributed by atoms with Gasteiger partial charge in [-0.2, -0.15) is 0 Å². The van der Waals surface area contributed by atoms with Crippen molar-refractivity contribution in [1.82, 2.24) is 5.32 Å². The van der Waals surface area contributed by atoms with E-state index in [0.29, 0.717) is 36.6 Å². The first kappa shape index (κ1) is 17.6. The summed E-state index contributed by atoms with van der Waals surface area (Å²) >= 11 is 0. The topological polar surface area (TPSA) is 96.9 Å². The van der Waals surface area contributed by atoms with Gasteiger partial charge in [-0.3, -0.25) is 9.59 Å². The van der Waals surface area contributed by atoms with E-state index in [2.05, 4.69) is 10.6 Å². The van der Waals surface area contributed by atoms with Gasteiger partial charge in [0.2, 0.25) is 0 Å². The van der Waals surface area contributed by atoms with Crippen LogP contribution in [-0.4, -0.2) is 42.8 Å². The molecule has 2 aromatic carbocycles. The van der Waals surface area contributed by atoms with E-state index in [0.717, 1.165) is 5.75 Å². The van der Waals surface area contributed by atoms with E-state index in [9.17, 15) is 9.59 Å². The Kier molecular flexibility index (Phi) is 5.58. The number of fused-ring (bicyclic) bond motifs is 1. The fraction of sp³-hybridized carbons (Fsp3) is 0.263. The first-order chi connectivity index (χ1) is 12.6. The Morgan fingerprint density at radius 3 is 2.62 bits per heavy atom. The molecule has 7 heteroatoms. The standard InChI is InChI=1S/C19H20N2O5/c22-18(23)11-21-15-6-2-1-5-14(15)19(24)20-10-9-13-12-25-16-7-3-4-8-17(16)26-13/h1-8,13,21H,9-12H2,(H,20,24)(H,22,23). The number of carbonyl (C=O) groups is 2. The zero-order valence-electron chi connectivity index (χ0n) is 14.1. The van der Waals surface area contributed by atoms with Gasteiger partial charge in [0.1, 0.15) is 19.3 Å². The van der Waals surface area contributed by atoms with E-state index in [1.54, 1.807) is 24.3 Å². The first-order valence-corrected chi connectivity index (χ1v) is 8.35. The summed E-state index contributed by atoms with van der Waals surface area (Å²) in [6.45, 7) is 0.600. The number of amides is 1. The number of rotatable bonds is 7. The van der Waals surface area contributed by atoms with Crippen LogP contribution in [0, 0.1) is 0 Å². The molecule has 0 radical (unpaired) electrons. The highest BCUT2D eigenvalue weighted by molar-refractivity contribution is 5.99. The second-order valence-corrected chi connectivity index (χ2v) is 5.84. The molecule has 2 aromatic rings. The summed E-state index contributed by atoms with van der Waals surface area (Å²) in [5.41, 5.74) is 0.887. The molecular formula is C19H20N2O5. The van der Waals surface area contributed by atoms with E-state index in [4.69, 9.17) is 14.6 Å². The summed E-state index contributed by atoms with van der Waals surface area (Å²) in [7, 11) is 0. The monoisotopic (exact) mass is 356 g/mol. The molecule has 0 aromatic heterocycles. The van der Waals surface area contributed by atoms with Crippen molar-refractivity contribution < 1.29 is 24.2 Å². The molecule has 0 spiro atoms. The van der Waals surface area contributed by atoms with Crippen LogP contribution in [0.2, 0.25) is 0 Å². The summed E-state index contributed by atoms with van der Waals surface area (Å²) in [4.78, 5) is 23.1. The van der Waals surface area contributed by atoms with Gasteiger partial charge in [-0.15, -0.1) is 0 Å². The smallest absolute Gasteiger partial charge is 0.322 e. The van der Waals surface area contributed by atoms with Crippen molar-refractivity contribution in [2.45, 2.75) is 12.5 Å². The maximum absolute atomic E-state index is 12.4. The molecule has 0 aliphatic carbocycles. The SMILES string of the molecule is O=C(O)CNc1ccccc1C(=O)NCCC1COc2ccccc2O1. The van der Waals surface area contributed by atoms with Crippen molar-refractivity contribution in [3.05, 3.63) is 54.1 Å². The van der Waals surface area contributed by atoms with Crippen LogP contribution in [0.5, 0.6) is 11.5 Å². The fourth-order valence-electron chi connectivity index (χ4n) is 2.65. The lowest BCUT2D eigenvalue weighted by atomic mass is 10.1. The highest BCUT2D eigenvalue weighted by Crippen LogP contribution is 2.31. The van der Waals surface area contributed by atoms with E-state index in [1.165, 1.54) is 0 Å². The Morgan fingerprint density at radius 2 is 1.81 bits per heavy atom. The molecule has 0 fully saturated rings. The van der Waals surface area contributed by atoms with Crippen molar-refractivity contribution in [2.24, 2.45) is 0 Å². The lowest BCUT2D eigenvalue weighted by Gasteiger charge is -2.26. The van der Waals surface area contributed by atoms with Crippen molar-refractivity contribution in [2.75, 3.05) is 25.0 Å². The van der Waals surface area contributed by atoms with Crippen LogP contribution >= 0.6 is 0 Å². The van der Waals surface area contributed by atoms with Crippen molar-refractivity contribution in [1.29, 1.82) is 0 Å². The van der Waals surface area contributed by atoms with Gasteiger partial charge in [-0.05, 0) is 24.3 Å². The number of carboxylic acid groups (broad SMARTS) is 1. The van der Waals surface area contributed by atoms with Gasteiger partial charge in [0.15, 0.2) is 11.5 Å². The van der Waals surface area contributed by atoms with Crippen molar-refractivity contribution in [3.8, 4) is 11.5 Å². The van der Waals surface area contributed by atoms with Crippen LogP contribution in [0.25, 0.3) is 0 Å². The largest absolute Gasteiger partial charge is 0.486 e. The number of hydrogen-bond donors (Lipinski definition) is 3. The molecule has 1 aliphatic heterocycles. The lowest BCUT2D eigenvalue weighted by Crippen LogP contribution is -2.34. The Labute approximate surface area is 150 Å². The Bertz CT molecular complexity index is 793. The molecule has 1 amide bonds. The summed E-state index contributed by atoms with van der Waals surface area (Å²) in [5, 5.41) is 14.3. The Morgan fingerprint density at radius 1 is 1.08 bits per heavy atom. The molecule has 0 saturated heterocycles. The fourth-order valence-corrected chi connectivity index (χ4v) is 2.65. The van der Waals surface area contributed by atoms with Gasteiger partial charge in [-0.1, -0.05) is 24.3 Å². The van der Waals surface area contributed by atoms with E-state index in [-0.39, 0.29) is 18.6 Å². The molecular weight excluding hydrogens is 336 g/mol. The number of anilines is 1. The van der Waals surface area contributed by atoms with Crippen molar-refractivity contribution in [3.63, 3.8) is 0 Å². The number of hydrogen-bond acceptors (Lipinski definition) is 5. The molecule has 7 nitrogen and oxygen atoms in total. The number of nitrogens with one attached hydrogen (secondary N) is 2. The summed E-state index contributed by atoms with van der Waals surface area (Å²) in [6, 6.07) is 14.3. The molecule has 26 heavy (non-hydrogen) atoms. The number of ether oxygens (including phenoxy) is 2. The Hall–Kier alpha value is -3.22. The molecule has 0 saturated carbocycles. The number of benzene rings is 2. The normalized spacial score (nSPS) is 15.2. The molecule has 136 valence electrons. The van der Waals surface area contributed by atoms with Gasteiger partial charge >= 0.3 is 5.97 Å². The zero-order valence-corrected chi connectivity index (χ0v) is 14.1. The predicted molar refractivity (Wildman–Crippen MR) is 95.9 cm³/mol. The summed E-state index contributed by atoms with van der Waals surface area (Å²) in [6.07, 6.45) is 0.468. The van der Waals surface area contributed by atoms with Crippen LogP contribution in [0.15, 0.2) is 48.5 Å². The molecule has 1 heterocycles. The van der Waals surface area contributed by atoms with Crippen LogP contribution in [0.3, 0.4) is 0 Å². The maximum Gasteiger partial charge on any atom is 0.322 e. The average Bonchev–Trinajstić information content (AvgIpc) is 2.66. The molecule has 1 aliphatic rings. The van der Waals surface area contributed by atoms with Gasteiger partial charge in [0.25, 0.3) is 5.91 Å². The van der Waals surface area contributed by atoms with E-state index < -0.39 is 5.97 Å². The summed E-state index contributed by atoms with van der Waals surface area (Å²) in [5.74, 6) is 0.176. The maximum atomic E-state index is 12.4. The van der Waals surface area contributed by atoms with Gasteiger partial charge < -0.3 is 25.2 Å². The minimum atomic E-state index is -0.991. The van der Waals surface area contributed by atoms with Crippen LogP contribution < -0.4 is 20.1 Å². The first-order valence-electron chi connectivity index (χ1n) is 8.35. The summed E-state index contributed by atoms with van der Waals surface area (Å²) < 4.78 is 11.5. The molecule has 1 atom stereocenters. The number of para-hydroxylation sites is 3. The van der Waals surface area contributed by atoms with Crippen LogP contribution in [0.1, 0.15) is 16.8 Å². The van der Waals surface area contributed by atoms with E-state index >= 15 is 0 Å². The minimum absolute atomic E-state index is 0.134. The highest BCUT2D eigenvalue weighted by Gasteiger charge is 2.20. The minimum Gasteiger partial charge on any atom is -0.486 e. The third-order valence-corrected chi connectivity index (χ3v) is 3.92. The third kappa shape index (κ3) is 4.44. The second-order valence-electron chi connectivity index (χ2n) is 5.84. The predicted octanol–water partition coefficient (Wildman–Crippen LogP) is 2.14. The van der Waals surface area contributed by atoms with Gasteiger partial charge in [0.05, 0.1) is 5.56 Å². The molecule has 0 bridgehead atoms. The molecule has 3 N–H and O–H groups in total. The highest BCUT2D eigenvalue weighted by atomic mass is 16.6. The number of aliphatic carboxylic acids is 1. The van der Waals surface area contributed by atoms with Gasteiger partial charge in [-0.25, -0.2) is 0 Å². The second kappa shape index (κ2) is 8.24. The lowest BCUT2D eigenvalue weighted by molar-refractivity contribution is -0.134. The third-order valence-electron chi connectivity index (χ3n) is 3.92. The quantitative estimate of drug-likeness (QED) is 0.703. The Balaban J connectivity index is 1.51. The average molecular weight is 356 g/mol. The number of carbonyl (C=O) groups excluding carboxylic acids is 1. The van der Waals surface area contributed by atoms with E-state index in [1.807, 2.05) is 24.3 Å². The molecule has 3 rings (SSSR count). The van der Waals surface area contributed by atoms with Crippen molar-refractivity contribution >= 4 is 17.6 Å².